The van der Waals surface area contributed by atoms with E-state index in [0.29, 0.717) is 11.3 Å². The molecular weight excluding hydrogens is 230 g/mol. The van der Waals surface area contributed by atoms with Crippen LogP contribution < -0.4 is 11.1 Å². The van der Waals surface area contributed by atoms with Crippen molar-refractivity contribution in [2.75, 3.05) is 5.32 Å². The first-order valence-corrected chi connectivity index (χ1v) is 6.10. The van der Waals surface area contributed by atoms with E-state index < -0.39 is 0 Å². The van der Waals surface area contributed by atoms with Crippen LogP contribution in [0.1, 0.15) is 31.2 Å². The van der Waals surface area contributed by atoms with E-state index in [4.69, 9.17) is 10.9 Å². The van der Waals surface area contributed by atoms with Crippen LogP contribution >= 0.6 is 0 Å². The van der Waals surface area contributed by atoms with Gasteiger partial charge < -0.3 is 16.3 Å². The van der Waals surface area contributed by atoms with E-state index in [1.54, 1.807) is 24.3 Å². The number of rotatable bonds is 3. The highest BCUT2D eigenvalue weighted by atomic mass is 16.4. The van der Waals surface area contributed by atoms with E-state index in [0.717, 1.165) is 25.7 Å². The van der Waals surface area contributed by atoms with Gasteiger partial charge in [-0.2, -0.15) is 0 Å². The van der Waals surface area contributed by atoms with Gasteiger partial charge in [0.1, 0.15) is 0 Å². The lowest BCUT2D eigenvalue weighted by atomic mass is 10.1. The van der Waals surface area contributed by atoms with Crippen LogP contribution in [0.2, 0.25) is 0 Å². The van der Waals surface area contributed by atoms with Gasteiger partial charge >= 0.3 is 0 Å². The SMILES string of the molecule is N/C(=N/O)c1ccccc1NC(=O)C1CCCC1. The molecule has 0 aliphatic heterocycles. The zero-order valence-electron chi connectivity index (χ0n) is 10.1. The molecule has 1 aliphatic rings. The largest absolute Gasteiger partial charge is 0.409 e. The Labute approximate surface area is 106 Å². The summed E-state index contributed by atoms with van der Waals surface area (Å²) < 4.78 is 0. The van der Waals surface area contributed by atoms with Crippen molar-refractivity contribution in [3.8, 4) is 0 Å². The lowest BCUT2D eigenvalue weighted by Gasteiger charge is -2.13. The number of oxime groups is 1. The minimum Gasteiger partial charge on any atom is -0.409 e. The molecule has 0 bridgehead atoms. The Bertz CT molecular complexity index is 465. The fourth-order valence-corrected chi connectivity index (χ4v) is 2.29. The van der Waals surface area contributed by atoms with Crippen LogP contribution in [0.3, 0.4) is 0 Å². The number of carbonyl (C=O) groups excluding carboxylic acids is 1. The lowest BCUT2D eigenvalue weighted by molar-refractivity contribution is -0.119. The van der Waals surface area contributed by atoms with Crippen LogP contribution in [0.25, 0.3) is 0 Å². The van der Waals surface area contributed by atoms with Gasteiger partial charge in [-0.25, -0.2) is 0 Å². The monoisotopic (exact) mass is 247 g/mol. The topological polar surface area (TPSA) is 87.7 Å². The zero-order valence-corrected chi connectivity index (χ0v) is 10.1. The molecule has 0 aromatic heterocycles. The molecule has 18 heavy (non-hydrogen) atoms. The average Bonchev–Trinajstić information content (AvgIpc) is 2.92. The summed E-state index contributed by atoms with van der Waals surface area (Å²) in [6.45, 7) is 0. The van der Waals surface area contributed by atoms with Crippen LogP contribution in [0, 0.1) is 5.92 Å². The van der Waals surface area contributed by atoms with Crippen LogP contribution in [0.5, 0.6) is 0 Å². The first-order valence-electron chi connectivity index (χ1n) is 6.10. The summed E-state index contributed by atoms with van der Waals surface area (Å²) >= 11 is 0. The predicted molar refractivity (Wildman–Crippen MR) is 69.5 cm³/mol. The number of nitrogens with one attached hydrogen (secondary N) is 1. The van der Waals surface area contributed by atoms with E-state index >= 15 is 0 Å². The summed E-state index contributed by atoms with van der Waals surface area (Å²) in [4.78, 5) is 12.0. The van der Waals surface area contributed by atoms with Gasteiger partial charge in [-0.15, -0.1) is 0 Å². The third kappa shape index (κ3) is 2.61. The van der Waals surface area contributed by atoms with Crippen LogP contribution in [-0.2, 0) is 4.79 Å². The van der Waals surface area contributed by atoms with E-state index in [1.807, 2.05) is 0 Å². The minimum atomic E-state index is -0.00248. The van der Waals surface area contributed by atoms with Gasteiger partial charge in [0.15, 0.2) is 5.84 Å². The molecule has 0 atom stereocenters. The summed E-state index contributed by atoms with van der Waals surface area (Å²) in [6, 6.07) is 7.04. The lowest BCUT2D eigenvalue weighted by Crippen LogP contribution is -2.23. The Morgan fingerprint density at radius 2 is 2.00 bits per heavy atom. The number of hydrogen-bond acceptors (Lipinski definition) is 3. The Hall–Kier alpha value is -2.04. The fourth-order valence-electron chi connectivity index (χ4n) is 2.29. The summed E-state index contributed by atoms with van der Waals surface area (Å²) in [7, 11) is 0. The Morgan fingerprint density at radius 1 is 1.33 bits per heavy atom. The van der Waals surface area contributed by atoms with Gasteiger partial charge in [0.2, 0.25) is 5.91 Å². The number of anilines is 1. The maximum Gasteiger partial charge on any atom is 0.227 e. The maximum absolute atomic E-state index is 12.0. The number of nitrogens with zero attached hydrogens (tertiary/aromatic N) is 1. The van der Waals surface area contributed by atoms with E-state index in [9.17, 15) is 4.79 Å². The molecule has 0 saturated heterocycles. The van der Waals surface area contributed by atoms with Crippen molar-refractivity contribution in [1.29, 1.82) is 0 Å². The van der Waals surface area contributed by atoms with Crippen molar-refractivity contribution in [2.24, 2.45) is 16.8 Å². The molecular formula is C13H17N3O2. The van der Waals surface area contributed by atoms with Gasteiger partial charge in [0.25, 0.3) is 0 Å². The first kappa shape index (κ1) is 12.4. The third-order valence-electron chi connectivity index (χ3n) is 3.29. The normalized spacial score (nSPS) is 16.8. The van der Waals surface area contributed by atoms with Crippen molar-refractivity contribution in [2.45, 2.75) is 25.7 Å². The number of amidine groups is 1. The van der Waals surface area contributed by atoms with E-state index in [-0.39, 0.29) is 17.7 Å². The van der Waals surface area contributed by atoms with Crippen LogP contribution in [-0.4, -0.2) is 17.0 Å². The molecule has 0 heterocycles. The molecule has 0 radical (unpaired) electrons. The summed E-state index contributed by atoms with van der Waals surface area (Å²) in [5.74, 6) is 0.105. The quantitative estimate of drug-likeness (QED) is 0.330. The molecule has 1 fully saturated rings. The number of nitrogens with two attached hydrogens (primary N) is 1. The maximum atomic E-state index is 12.0. The molecule has 1 aliphatic carbocycles. The number of amides is 1. The van der Waals surface area contributed by atoms with Gasteiger partial charge in [-0.3, -0.25) is 4.79 Å². The van der Waals surface area contributed by atoms with Crippen LogP contribution in [0.15, 0.2) is 29.4 Å². The number of carbonyl (C=O) groups is 1. The van der Waals surface area contributed by atoms with E-state index in [2.05, 4.69) is 10.5 Å². The van der Waals surface area contributed by atoms with Crippen molar-refractivity contribution in [3.05, 3.63) is 29.8 Å². The third-order valence-corrected chi connectivity index (χ3v) is 3.29. The summed E-state index contributed by atoms with van der Waals surface area (Å²) in [5, 5.41) is 14.5. The highest BCUT2D eigenvalue weighted by Crippen LogP contribution is 2.26. The second-order valence-corrected chi connectivity index (χ2v) is 4.50. The fraction of sp³-hybridized carbons (Fsp3) is 0.385. The van der Waals surface area contributed by atoms with Gasteiger partial charge in [-0.05, 0) is 25.0 Å². The van der Waals surface area contributed by atoms with Gasteiger partial charge in [0.05, 0.1) is 5.69 Å². The van der Waals surface area contributed by atoms with Gasteiger partial charge in [0, 0.05) is 11.5 Å². The second-order valence-electron chi connectivity index (χ2n) is 4.50. The zero-order chi connectivity index (χ0) is 13.0. The van der Waals surface area contributed by atoms with Crippen LogP contribution in [0.4, 0.5) is 5.69 Å². The molecule has 1 amide bonds. The molecule has 0 unspecified atom stereocenters. The molecule has 5 nitrogen and oxygen atoms in total. The highest BCUT2D eigenvalue weighted by molar-refractivity contribution is 6.05. The summed E-state index contributed by atoms with van der Waals surface area (Å²) in [6.07, 6.45) is 4.11. The molecule has 96 valence electrons. The molecule has 0 spiro atoms. The molecule has 5 heteroatoms. The smallest absolute Gasteiger partial charge is 0.227 e. The molecule has 4 N–H and O–H groups in total. The number of para-hydroxylation sites is 1. The molecule has 1 aromatic carbocycles. The van der Waals surface area contributed by atoms with Crippen molar-refractivity contribution in [3.63, 3.8) is 0 Å². The predicted octanol–water partition coefficient (Wildman–Crippen LogP) is 1.91. The van der Waals surface area contributed by atoms with Gasteiger partial charge in [-0.1, -0.05) is 30.1 Å². The average molecular weight is 247 g/mol. The molecule has 2 rings (SSSR count). The number of hydrogen-bond donors (Lipinski definition) is 3. The Balaban J connectivity index is 2.15. The molecule has 1 saturated carbocycles. The standard InChI is InChI=1S/C13H17N3O2/c14-12(16-18)10-7-3-4-8-11(10)15-13(17)9-5-1-2-6-9/h3-4,7-9,18H,1-2,5-6H2,(H2,14,16)(H,15,17). The first-order chi connectivity index (χ1) is 8.72. The Kier molecular flexibility index (Phi) is 3.82. The highest BCUT2D eigenvalue weighted by Gasteiger charge is 2.23. The van der Waals surface area contributed by atoms with Crippen molar-refractivity contribution >= 4 is 17.4 Å². The van der Waals surface area contributed by atoms with Crippen molar-refractivity contribution in [1.82, 2.24) is 0 Å². The Morgan fingerprint density at radius 3 is 2.67 bits per heavy atom. The minimum absolute atomic E-state index is 0.00248. The second kappa shape index (κ2) is 5.53. The molecule has 1 aromatic rings. The number of benzene rings is 1. The van der Waals surface area contributed by atoms with E-state index in [1.165, 1.54) is 0 Å². The summed E-state index contributed by atoms with van der Waals surface area (Å²) in [5.41, 5.74) is 6.69. The van der Waals surface area contributed by atoms with Crippen molar-refractivity contribution < 1.29 is 10.0 Å².